The second-order valence-electron chi connectivity index (χ2n) is 9.99. The van der Waals surface area contributed by atoms with E-state index in [4.69, 9.17) is 4.98 Å². The molecule has 0 amide bonds. The van der Waals surface area contributed by atoms with Gasteiger partial charge in [0.2, 0.25) is 0 Å². The summed E-state index contributed by atoms with van der Waals surface area (Å²) in [5.41, 5.74) is 5.19. The molecule has 0 radical (unpaired) electrons. The molecule has 0 aliphatic rings. The largest absolute Gasteiger partial charge is 0.508 e. The molecule has 1 heterocycles. The van der Waals surface area contributed by atoms with Crippen LogP contribution in [0.15, 0.2) is 103 Å². The van der Waals surface area contributed by atoms with Gasteiger partial charge in [-0.3, -0.25) is 4.90 Å². The van der Waals surface area contributed by atoms with Gasteiger partial charge in [-0.2, -0.15) is 0 Å². The third-order valence-corrected chi connectivity index (χ3v) is 7.03. The lowest BCUT2D eigenvalue weighted by atomic mass is 10.1. The molecule has 0 unspecified atom stereocenters. The summed E-state index contributed by atoms with van der Waals surface area (Å²) in [5.74, 6) is -0.607. The number of halogens is 2. The number of phenols is 1. The van der Waals surface area contributed by atoms with E-state index < -0.39 is 11.6 Å². The van der Waals surface area contributed by atoms with Crippen LogP contribution in [0.1, 0.15) is 36.6 Å². The summed E-state index contributed by atoms with van der Waals surface area (Å²) in [6.45, 7) is 4.10. The van der Waals surface area contributed by atoms with Crippen molar-refractivity contribution in [1.29, 1.82) is 0 Å². The van der Waals surface area contributed by atoms with Crippen LogP contribution in [0.5, 0.6) is 5.75 Å². The van der Waals surface area contributed by atoms with Crippen molar-refractivity contribution in [3.05, 3.63) is 132 Å². The fraction of sp³-hybridized carbons (Fsp3) is 0.206. The molecule has 204 valence electrons. The van der Waals surface area contributed by atoms with E-state index in [1.807, 2.05) is 48.5 Å². The van der Waals surface area contributed by atoms with Gasteiger partial charge in [0.15, 0.2) is 11.6 Å². The van der Waals surface area contributed by atoms with Crippen LogP contribution in [0, 0.1) is 11.6 Å². The maximum absolute atomic E-state index is 14.9. The lowest BCUT2D eigenvalue weighted by Gasteiger charge is -2.25. The van der Waals surface area contributed by atoms with E-state index in [2.05, 4.69) is 40.7 Å². The van der Waals surface area contributed by atoms with Crippen molar-refractivity contribution in [3.8, 4) is 28.4 Å². The minimum atomic E-state index is -0.855. The number of hydrogen-bond acceptors (Lipinski definition) is 3. The molecule has 5 rings (SSSR count). The first-order valence-corrected chi connectivity index (χ1v) is 13.7. The highest BCUT2D eigenvalue weighted by Crippen LogP contribution is 2.32. The average molecular weight is 538 g/mol. The standard InChI is InChI=1S/C34H33F2N3O/c1-2-3-21-39-31(33(26-11-6-4-7-12-26)37-34(39)27-13-8-5-9-14-27)24-38(22-25-17-19-29(40)20-18-25)23-28-15-10-16-30(35)32(28)36/h4-20,40H,2-3,21-24H2,1H3. The molecule has 4 aromatic carbocycles. The molecule has 0 saturated carbocycles. The van der Waals surface area contributed by atoms with E-state index in [-0.39, 0.29) is 12.3 Å². The molecular weight excluding hydrogens is 504 g/mol. The van der Waals surface area contributed by atoms with E-state index in [1.165, 1.54) is 0 Å². The summed E-state index contributed by atoms with van der Waals surface area (Å²) in [5, 5.41) is 9.80. The lowest BCUT2D eigenvalue weighted by molar-refractivity contribution is 0.237. The molecule has 0 fully saturated rings. The Bertz CT molecular complexity index is 1530. The molecule has 0 bridgehead atoms. The summed E-state index contributed by atoms with van der Waals surface area (Å²) < 4.78 is 31.3. The molecule has 40 heavy (non-hydrogen) atoms. The molecule has 1 aromatic heterocycles. The summed E-state index contributed by atoms with van der Waals surface area (Å²) in [6, 6.07) is 31.6. The quantitative estimate of drug-likeness (QED) is 0.185. The predicted octanol–water partition coefficient (Wildman–Crippen LogP) is 8.20. The second-order valence-corrected chi connectivity index (χ2v) is 9.99. The van der Waals surface area contributed by atoms with Crippen LogP contribution in [0.2, 0.25) is 0 Å². The SMILES string of the molecule is CCCCn1c(-c2ccccc2)nc(-c2ccccc2)c1CN(Cc1ccc(O)cc1)Cc1cccc(F)c1F. The fourth-order valence-electron chi connectivity index (χ4n) is 4.99. The van der Waals surface area contributed by atoms with Crippen molar-refractivity contribution >= 4 is 0 Å². The molecule has 0 aliphatic carbocycles. The molecule has 5 aromatic rings. The minimum absolute atomic E-state index is 0.183. The van der Waals surface area contributed by atoms with Crippen molar-refractivity contribution in [2.45, 2.75) is 45.9 Å². The van der Waals surface area contributed by atoms with E-state index >= 15 is 0 Å². The smallest absolute Gasteiger partial charge is 0.163 e. The van der Waals surface area contributed by atoms with Crippen molar-refractivity contribution in [2.24, 2.45) is 0 Å². The highest BCUT2D eigenvalue weighted by Gasteiger charge is 2.23. The topological polar surface area (TPSA) is 41.3 Å². The molecule has 0 atom stereocenters. The van der Waals surface area contributed by atoms with Gasteiger partial charge in [0.25, 0.3) is 0 Å². The predicted molar refractivity (Wildman–Crippen MR) is 155 cm³/mol. The maximum atomic E-state index is 14.9. The Morgan fingerprint density at radius 2 is 1.43 bits per heavy atom. The first kappa shape index (κ1) is 27.3. The third kappa shape index (κ3) is 6.29. The molecular formula is C34H33F2N3O. The van der Waals surface area contributed by atoms with Gasteiger partial charge in [-0.15, -0.1) is 0 Å². The number of nitrogens with zero attached hydrogens (tertiary/aromatic N) is 3. The van der Waals surface area contributed by atoms with E-state index in [0.717, 1.165) is 59.4 Å². The molecule has 0 aliphatic heterocycles. The monoisotopic (exact) mass is 537 g/mol. The van der Waals surface area contributed by atoms with Crippen molar-refractivity contribution in [3.63, 3.8) is 0 Å². The summed E-state index contributed by atoms with van der Waals surface area (Å²) in [4.78, 5) is 7.29. The van der Waals surface area contributed by atoms with Gasteiger partial charge in [-0.1, -0.05) is 98.3 Å². The number of rotatable bonds is 11. The zero-order chi connectivity index (χ0) is 27.9. The Hall–Kier alpha value is -4.29. The number of benzene rings is 4. The van der Waals surface area contributed by atoms with Crippen LogP contribution >= 0.6 is 0 Å². The van der Waals surface area contributed by atoms with Crippen LogP contribution in [0.25, 0.3) is 22.6 Å². The van der Waals surface area contributed by atoms with E-state index in [9.17, 15) is 13.9 Å². The Morgan fingerprint density at radius 3 is 2.10 bits per heavy atom. The van der Waals surface area contributed by atoms with Gasteiger partial charge >= 0.3 is 0 Å². The second kappa shape index (κ2) is 12.7. The summed E-state index contributed by atoms with van der Waals surface area (Å²) in [6.07, 6.45) is 2.01. The zero-order valence-electron chi connectivity index (χ0n) is 22.6. The summed E-state index contributed by atoms with van der Waals surface area (Å²) >= 11 is 0. The third-order valence-electron chi connectivity index (χ3n) is 7.03. The Labute approximate surface area is 234 Å². The number of imidazole rings is 1. The summed E-state index contributed by atoms with van der Waals surface area (Å²) in [7, 11) is 0. The van der Waals surface area contributed by atoms with Gasteiger partial charge in [0.05, 0.1) is 11.4 Å². The Kier molecular flexibility index (Phi) is 8.67. The normalized spacial score (nSPS) is 11.3. The molecule has 0 spiro atoms. The first-order chi connectivity index (χ1) is 19.5. The number of phenolic OH excluding ortho intramolecular Hbond substituents is 1. The van der Waals surface area contributed by atoms with Crippen LogP contribution < -0.4 is 0 Å². The van der Waals surface area contributed by atoms with Gasteiger partial charge in [0, 0.05) is 42.9 Å². The van der Waals surface area contributed by atoms with Gasteiger partial charge < -0.3 is 9.67 Å². The lowest BCUT2D eigenvalue weighted by Crippen LogP contribution is -2.25. The van der Waals surface area contributed by atoms with E-state index in [0.29, 0.717) is 18.7 Å². The van der Waals surface area contributed by atoms with Gasteiger partial charge in [-0.05, 0) is 30.2 Å². The molecule has 0 saturated heterocycles. The van der Waals surface area contributed by atoms with Crippen LogP contribution in [0.3, 0.4) is 0 Å². The highest BCUT2D eigenvalue weighted by molar-refractivity contribution is 5.68. The van der Waals surface area contributed by atoms with Gasteiger partial charge in [-0.25, -0.2) is 13.8 Å². The van der Waals surface area contributed by atoms with E-state index in [1.54, 1.807) is 24.3 Å². The molecule has 6 heteroatoms. The zero-order valence-corrected chi connectivity index (χ0v) is 22.6. The fourth-order valence-corrected chi connectivity index (χ4v) is 4.99. The number of unbranched alkanes of at least 4 members (excludes halogenated alkanes) is 1. The van der Waals surface area contributed by atoms with Crippen molar-refractivity contribution in [2.75, 3.05) is 0 Å². The van der Waals surface area contributed by atoms with Crippen LogP contribution in [-0.4, -0.2) is 19.6 Å². The van der Waals surface area contributed by atoms with Gasteiger partial charge in [0.1, 0.15) is 11.6 Å². The molecule has 1 N–H and O–H groups in total. The highest BCUT2D eigenvalue weighted by atomic mass is 19.2. The number of hydrogen-bond donors (Lipinski definition) is 1. The first-order valence-electron chi connectivity index (χ1n) is 13.7. The average Bonchev–Trinajstić information content (AvgIpc) is 3.34. The van der Waals surface area contributed by atoms with Crippen LogP contribution in [0.4, 0.5) is 8.78 Å². The van der Waals surface area contributed by atoms with Crippen molar-refractivity contribution in [1.82, 2.24) is 14.5 Å². The van der Waals surface area contributed by atoms with Crippen LogP contribution in [-0.2, 0) is 26.2 Å². The maximum Gasteiger partial charge on any atom is 0.163 e. The Balaban J connectivity index is 1.62. The molecule has 4 nitrogen and oxygen atoms in total. The number of aromatic hydroxyl groups is 1. The Morgan fingerprint density at radius 1 is 0.750 bits per heavy atom. The minimum Gasteiger partial charge on any atom is -0.508 e. The number of aromatic nitrogens is 2. The van der Waals surface area contributed by atoms with Crippen molar-refractivity contribution < 1.29 is 13.9 Å².